The quantitative estimate of drug-likeness (QED) is 0.142. The fourth-order valence-corrected chi connectivity index (χ4v) is 4.54. The molecule has 3 aromatic carbocycles. The summed E-state index contributed by atoms with van der Waals surface area (Å²) in [6, 6.07) is 19.7. The molecule has 0 radical (unpaired) electrons. The first-order valence-electron chi connectivity index (χ1n) is 13.6. The predicted molar refractivity (Wildman–Crippen MR) is 154 cm³/mol. The third kappa shape index (κ3) is 8.53. The van der Waals surface area contributed by atoms with Gasteiger partial charge in [0.2, 0.25) is 0 Å². The Labute approximate surface area is 239 Å². The summed E-state index contributed by atoms with van der Waals surface area (Å²) in [5, 5.41) is 11.0. The van der Waals surface area contributed by atoms with E-state index in [1.807, 2.05) is 37.3 Å². The Morgan fingerprint density at radius 3 is 2.20 bits per heavy atom. The van der Waals surface area contributed by atoms with Gasteiger partial charge in [-0.15, -0.1) is 0 Å². The van der Waals surface area contributed by atoms with E-state index in [1.165, 1.54) is 12.1 Å². The molecule has 1 aromatic heterocycles. The van der Waals surface area contributed by atoms with Gasteiger partial charge in [-0.25, -0.2) is 9.18 Å². The minimum absolute atomic E-state index is 0.0720. The largest absolute Gasteiger partial charge is 0.508 e. The Kier molecular flexibility index (Phi) is 11.1. The molecule has 4 rings (SSSR count). The summed E-state index contributed by atoms with van der Waals surface area (Å²) in [5.41, 5.74) is 4.98. The Balaban J connectivity index is 1.24. The van der Waals surface area contributed by atoms with Crippen molar-refractivity contribution in [1.29, 1.82) is 0 Å². The summed E-state index contributed by atoms with van der Waals surface area (Å²) in [7, 11) is 0. The highest BCUT2D eigenvalue weighted by Gasteiger charge is 2.17. The van der Waals surface area contributed by atoms with Crippen LogP contribution in [-0.2, 0) is 30.3 Å². The number of hydrogen-bond acceptors (Lipinski definition) is 7. The van der Waals surface area contributed by atoms with Gasteiger partial charge in [0.1, 0.15) is 30.5 Å². The summed E-state index contributed by atoms with van der Waals surface area (Å²) >= 11 is 0. The van der Waals surface area contributed by atoms with Crippen molar-refractivity contribution in [1.82, 2.24) is 4.57 Å². The number of benzene rings is 3. The van der Waals surface area contributed by atoms with Crippen LogP contribution >= 0.6 is 0 Å². The molecule has 0 saturated carbocycles. The zero-order valence-corrected chi connectivity index (χ0v) is 23.4. The van der Waals surface area contributed by atoms with Gasteiger partial charge in [0, 0.05) is 17.4 Å². The van der Waals surface area contributed by atoms with Crippen LogP contribution < -0.4 is 4.74 Å². The number of carbonyl (C=O) groups is 1. The minimum atomic E-state index is -0.382. The summed E-state index contributed by atoms with van der Waals surface area (Å²) in [6.07, 6.45) is 0. The molecule has 1 N–H and O–H groups in total. The summed E-state index contributed by atoms with van der Waals surface area (Å²) < 4.78 is 42.5. The van der Waals surface area contributed by atoms with Crippen LogP contribution in [0.15, 0.2) is 66.7 Å². The lowest BCUT2D eigenvalue weighted by Crippen LogP contribution is -2.16. The van der Waals surface area contributed by atoms with Crippen LogP contribution in [0.5, 0.6) is 11.5 Å². The van der Waals surface area contributed by atoms with E-state index in [0.717, 1.165) is 39.0 Å². The number of hydrogen-bond donors (Lipinski definition) is 1. The van der Waals surface area contributed by atoms with Crippen LogP contribution in [0.1, 0.15) is 18.1 Å². The number of esters is 1. The van der Waals surface area contributed by atoms with E-state index >= 15 is 0 Å². The zero-order chi connectivity index (χ0) is 29.0. The smallest absolute Gasteiger partial charge is 0.332 e. The van der Waals surface area contributed by atoms with Gasteiger partial charge >= 0.3 is 5.97 Å². The topological polar surface area (TPSA) is 88.4 Å². The minimum Gasteiger partial charge on any atom is -0.508 e. The molecule has 0 spiro atoms. The van der Waals surface area contributed by atoms with Crippen LogP contribution in [0.2, 0.25) is 0 Å². The molecule has 4 aromatic rings. The maximum atomic E-state index is 13.6. The number of carbonyl (C=O) groups excluding carboxylic acids is 1. The maximum absolute atomic E-state index is 13.6. The van der Waals surface area contributed by atoms with Crippen molar-refractivity contribution < 1.29 is 38.0 Å². The molecule has 0 aliphatic carbocycles. The van der Waals surface area contributed by atoms with Crippen molar-refractivity contribution in [2.75, 3.05) is 52.9 Å². The number of nitrogens with zero attached hydrogens (tertiary/aromatic N) is 1. The molecule has 0 fully saturated rings. The number of aromatic hydroxyl groups is 1. The summed E-state index contributed by atoms with van der Waals surface area (Å²) in [5.74, 6) is 0.284. The monoisotopic (exact) mass is 565 g/mol. The molecule has 0 saturated heterocycles. The number of aromatic nitrogens is 1. The van der Waals surface area contributed by atoms with Crippen LogP contribution in [0.25, 0.3) is 22.2 Å². The number of phenols is 1. The summed E-state index contributed by atoms with van der Waals surface area (Å²) in [6.45, 7) is 7.00. The second-order valence-corrected chi connectivity index (χ2v) is 9.34. The van der Waals surface area contributed by atoms with Gasteiger partial charge in [-0.1, -0.05) is 12.1 Å². The van der Waals surface area contributed by atoms with Crippen molar-refractivity contribution >= 4 is 16.9 Å². The van der Waals surface area contributed by atoms with Gasteiger partial charge < -0.3 is 33.4 Å². The van der Waals surface area contributed by atoms with Gasteiger partial charge in [-0.05, 0) is 85.1 Å². The van der Waals surface area contributed by atoms with Crippen molar-refractivity contribution in [2.45, 2.75) is 20.4 Å². The lowest BCUT2D eigenvalue weighted by Gasteiger charge is -2.13. The normalized spacial score (nSPS) is 11.2. The van der Waals surface area contributed by atoms with Crippen molar-refractivity contribution in [2.24, 2.45) is 0 Å². The van der Waals surface area contributed by atoms with Crippen LogP contribution in [0.3, 0.4) is 0 Å². The maximum Gasteiger partial charge on any atom is 0.332 e. The molecule has 0 aliphatic rings. The molecule has 218 valence electrons. The molecule has 41 heavy (non-hydrogen) atoms. The van der Waals surface area contributed by atoms with E-state index in [2.05, 4.69) is 4.57 Å². The standard InChI is InChI=1S/C32H36FNO7/c1-3-40-31(36)22-39-17-16-37-14-15-38-18-19-41-28-11-4-24(5-12-28)21-34-30-13-10-27(35)20-29(30)23(2)32(34)25-6-8-26(33)9-7-25/h4-13,20,35H,3,14-19,21-22H2,1-2H3. The SMILES string of the molecule is CCOC(=O)COCCOCCOCCOc1ccc(Cn2c(-c3ccc(F)cc3)c(C)c3cc(O)ccc32)cc1. The van der Waals surface area contributed by atoms with Gasteiger partial charge in [0.15, 0.2) is 0 Å². The average Bonchev–Trinajstić information content (AvgIpc) is 3.23. The van der Waals surface area contributed by atoms with Crippen molar-refractivity contribution in [3.63, 3.8) is 0 Å². The highest BCUT2D eigenvalue weighted by molar-refractivity contribution is 5.92. The van der Waals surface area contributed by atoms with Gasteiger partial charge in [0.05, 0.1) is 45.3 Å². The molecule has 9 heteroatoms. The Bertz CT molecular complexity index is 1400. The van der Waals surface area contributed by atoms with Gasteiger partial charge in [-0.2, -0.15) is 0 Å². The van der Waals surface area contributed by atoms with Crippen molar-refractivity contribution in [3.8, 4) is 22.8 Å². The molecule has 0 atom stereocenters. The number of ether oxygens (including phenoxy) is 5. The van der Waals surface area contributed by atoms with Crippen LogP contribution in [0.4, 0.5) is 4.39 Å². The molecule has 0 bridgehead atoms. The number of aryl methyl sites for hydroxylation is 1. The number of halogens is 1. The Morgan fingerprint density at radius 1 is 0.854 bits per heavy atom. The molecule has 0 amide bonds. The lowest BCUT2D eigenvalue weighted by molar-refractivity contribution is -0.149. The third-order valence-electron chi connectivity index (χ3n) is 6.45. The molecule has 0 aliphatic heterocycles. The van der Waals surface area contributed by atoms with Gasteiger partial charge in [0.25, 0.3) is 0 Å². The first-order chi connectivity index (χ1) is 20.0. The third-order valence-corrected chi connectivity index (χ3v) is 6.45. The first-order valence-corrected chi connectivity index (χ1v) is 13.6. The average molecular weight is 566 g/mol. The zero-order valence-electron chi connectivity index (χ0n) is 23.4. The van der Waals surface area contributed by atoms with Crippen LogP contribution in [0, 0.1) is 12.7 Å². The highest BCUT2D eigenvalue weighted by atomic mass is 19.1. The fourth-order valence-electron chi connectivity index (χ4n) is 4.54. The van der Waals surface area contributed by atoms with Crippen LogP contribution in [-0.4, -0.2) is 68.5 Å². The van der Waals surface area contributed by atoms with E-state index in [4.69, 9.17) is 23.7 Å². The number of phenolic OH excluding ortho intramolecular Hbond substituents is 1. The number of rotatable bonds is 16. The van der Waals surface area contributed by atoms with E-state index in [1.54, 1.807) is 31.2 Å². The summed E-state index contributed by atoms with van der Waals surface area (Å²) in [4.78, 5) is 11.2. The van der Waals surface area contributed by atoms with Crippen molar-refractivity contribution in [3.05, 3.63) is 83.7 Å². The Morgan fingerprint density at radius 2 is 1.51 bits per heavy atom. The van der Waals surface area contributed by atoms with E-state index in [9.17, 15) is 14.3 Å². The molecular weight excluding hydrogens is 529 g/mol. The second-order valence-electron chi connectivity index (χ2n) is 9.34. The molecular formula is C32H36FNO7. The lowest BCUT2D eigenvalue weighted by atomic mass is 10.1. The first kappa shape index (κ1) is 30.0. The van der Waals surface area contributed by atoms with E-state index in [0.29, 0.717) is 52.8 Å². The Hall–Kier alpha value is -3.92. The van der Waals surface area contributed by atoms with Gasteiger partial charge in [-0.3, -0.25) is 0 Å². The predicted octanol–water partition coefficient (Wildman–Crippen LogP) is 5.50. The number of fused-ring (bicyclic) bond motifs is 1. The van der Waals surface area contributed by atoms with E-state index < -0.39 is 0 Å². The highest BCUT2D eigenvalue weighted by Crippen LogP contribution is 2.35. The molecule has 0 unspecified atom stereocenters. The molecule has 8 nitrogen and oxygen atoms in total. The molecule has 1 heterocycles. The second kappa shape index (κ2) is 15.2. The fraction of sp³-hybridized carbons (Fsp3) is 0.344. The van der Waals surface area contributed by atoms with E-state index in [-0.39, 0.29) is 24.1 Å².